The lowest BCUT2D eigenvalue weighted by Crippen LogP contribution is -2.18. The predicted molar refractivity (Wildman–Crippen MR) is 93.8 cm³/mol. The number of hydrogen-bond donors (Lipinski definition) is 2. The molecule has 2 heteroatoms. The highest BCUT2D eigenvalue weighted by Gasteiger charge is 2.12. The first kappa shape index (κ1) is 18.9. The van der Waals surface area contributed by atoms with Crippen molar-refractivity contribution < 1.29 is 10.2 Å². The Labute approximate surface area is 135 Å². The molecule has 1 aromatic rings. The summed E-state index contributed by atoms with van der Waals surface area (Å²) in [5.41, 5.74) is 0.721. The molecule has 0 aliphatic rings. The molecule has 1 aromatic carbocycles. The van der Waals surface area contributed by atoms with Gasteiger partial charge in [-0.3, -0.25) is 0 Å². The molecule has 1 unspecified atom stereocenters. The van der Waals surface area contributed by atoms with Crippen molar-refractivity contribution in [1.29, 1.82) is 0 Å². The van der Waals surface area contributed by atoms with Crippen molar-refractivity contribution in [3.05, 3.63) is 48.0 Å². The molecule has 2 atom stereocenters. The minimum Gasteiger partial charge on any atom is -0.390 e. The smallest absolute Gasteiger partial charge is 0.0724 e. The van der Waals surface area contributed by atoms with E-state index in [-0.39, 0.29) is 6.10 Å². The fourth-order valence-corrected chi connectivity index (χ4v) is 2.52. The van der Waals surface area contributed by atoms with Gasteiger partial charge in [-0.2, -0.15) is 0 Å². The van der Waals surface area contributed by atoms with Crippen LogP contribution in [0.15, 0.2) is 42.5 Å². The van der Waals surface area contributed by atoms with Crippen LogP contribution in [0.4, 0.5) is 0 Å². The van der Waals surface area contributed by atoms with E-state index in [1.54, 1.807) is 0 Å². The van der Waals surface area contributed by atoms with E-state index >= 15 is 0 Å². The van der Waals surface area contributed by atoms with E-state index in [9.17, 15) is 10.2 Å². The number of aryl methyl sites for hydroxylation is 1. The lowest BCUT2D eigenvalue weighted by Gasteiger charge is -2.17. The second kappa shape index (κ2) is 9.81. The van der Waals surface area contributed by atoms with Gasteiger partial charge in [0, 0.05) is 0 Å². The quantitative estimate of drug-likeness (QED) is 0.625. The Morgan fingerprint density at radius 2 is 1.82 bits per heavy atom. The molecule has 2 nitrogen and oxygen atoms in total. The molecule has 0 aromatic heterocycles. The molecule has 0 radical (unpaired) electrons. The Bertz CT molecular complexity index is 417. The third-order valence-corrected chi connectivity index (χ3v) is 3.95. The number of aliphatic hydroxyl groups is 2. The Balaban J connectivity index is 2.15. The summed E-state index contributed by atoms with van der Waals surface area (Å²) in [6.07, 6.45) is 9.36. The first-order chi connectivity index (χ1) is 10.4. The third kappa shape index (κ3) is 9.75. The predicted octanol–water partition coefficient (Wildman–Crippen LogP) is 4.50. The molecule has 2 N–H and O–H groups in total. The zero-order valence-electron chi connectivity index (χ0n) is 14.3. The third-order valence-electron chi connectivity index (χ3n) is 3.95. The zero-order valence-corrected chi connectivity index (χ0v) is 14.3. The van der Waals surface area contributed by atoms with Crippen LogP contribution in [-0.4, -0.2) is 21.9 Å². The van der Waals surface area contributed by atoms with Gasteiger partial charge in [-0.1, -0.05) is 62.2 Å². The maximum atomic E-state index is 9.99. The van der Waals surface area contributed by atoms with E-state index in [0.29, 0.717) is 5.92 Å². The van der Waals surface area contributed by atoms with Gasteiger partial charge >= 0.3 is 0 Å². The maximum Gasteiger partial charge on any atom is 0.0724 e. The summed E-state index contributed by atoms with van der Waals surface area (Å²) in [6, 6.07) is 10.3. The van der Waals surface area contributed by atoms with Crippen LogP contribution in [0.5, 0.6) is 0 Å². The van der Waals surface area contributed by atoms with Crippen molar-refractivity contribution in [2.75, 3.05) is 0 Å². The standard InChI is InChI=1S/C20H32O2/c1-17(10-8-16-20(2,3)22)9-7-13-19(21)15-14-18-11-5-4-6-12-18/h4-7,11-13,17,19,21-22H,8-10,14-16H2,1-3H3/t17-,19?/m0/s1. The molecule has 0 saturated heterocycles. The molecule has 0 spiro atoms. The molecule has 0 heterocycles. The highest BCUT2D eigenvalue weighted by Crippen LogP contribution is 2.18. The Hall–Kier alpha value is -1.12. The molecule has 0 bridgehead atoms. The minimum absolute atomic E-state index is 0.358. The summed E-state index contributed by atoms with van der Waals surface area (Å²) in [4.78, 5) is 0. The number of hydrogen-bond acceptors (Lipinski definition) is 2. The normalized spacial score (nSPS) is 15.1. The van der Waals surface area contributed by atoms with E-state index in [1.165, 1.54) is 5.56 Å². The van der Waals surface area contributed by atoms with Gasteiger partial charge in [-0.25, -0.2) is 0 Å². The minimum atomic E-state index is -0.552. The number of benzene rings is 1. The number of aliphatic hydroxyl groups excluding tert-OH is 1. The highest BCUT2D eigenvalue weighted by molar-refractivity contribution is 5.15. The fourth-order valence-electron chi connectivity index (χ4n) is 2.52. The first-order valence-corrected chi connectivity index (χ1v) is 8.48. The molecule has 1 rings (SSSR count). The monoisotopic (exact) mass is 304 g/mol. The van der Waals surface area contributed by atoms with Crippen molar-refractivity contribution >= 4 is 0 Å². The molecule has 0 aliphatic carbocycles. The van der Waals surface area contributed by atoms with Crippen LogP contribution in [0.3, 0.4) is 0 Å². The molecular weight excluding hydrogens is 272 g/mol. The molecule has 0 amide bonds. The van der Waals surface area contributed by atoms with Crippen molar-refractivity contribution in [2.24, 2.45) is 5.92 Å². The largest absolute Gasteiger partial charge is 0.390 e. The number of allylic oxidation sites excluding steroid dienone is 1. The second-order valence-electron chi connectivity index (χ2n) is 7.07. The van der Waals surface area contributed by atoms with Gasteiger partial charge in [0.2, 0.25) is 0 Å². The van der Waals surface area contributed by atoms with E-state index in [2.05, 4.69) is 25.1 Å². The van der Waals surface area contributed by atoms with Gasteiger partial charge in [0.25, 0.3) is 0 Å². The van der Waals surface area contributed by atoms with Crippen LogP contribution >= 0.6 is 0 Å². The summed E-state index contributed by atoms with van der Waals surface area (Å²) >= 11 is 0. The van der Waals surface area contributed by atoms with Crippen molar-refractivity contribution in [1.82, 2.24) is 0 Å². The van der Waals surface area contributed by atoms with Gasteiger partial charge in [-0.15, -0.1) is 0 Å². The van der Waals surface area contributed by atoms with Crippen LogP contribution in [0.1, 0.15) is 58.4 Å². The van der Waals surface area contributed by atoms with E-state index in [1.807, 2.05) is 38.1 Å². The second-order valence-corrected chi connectivity index (χ2v) is 7.07. The summed E-state index contributed by atoms with van der Waals surface area (Å²) < 4.78 is 0. The fraction of sp³-hybridized carbons (Fsp3) is 0.600. The van der Waals surface area contributed by atoms with Crippen LogP contribution in [0.2, 0.25) is 0 Å². The van der Waals surface area contributed by atoms with Crippen molar-refractivity contribution in [3.63, 3.8) is 0 Å². The van der Waals surface area contributed by atoms with Crippen LogP contribution in [0.25, 0.3) is 0 Å². The van der Waals surface area contributed by atoms with Gasteiger partial charge in [0.15, 0.2) is 0 Å². The van der Waals surface area contributed by atoms with Gasteiger partial charge in [0.05, 0.1) is 11.7 Å². The van der Waals surface area contributed by atoms with Crippen molar-refractivity contribution in [3.8, 4) is 0 Å². The molecule has 124 valence electrons. The van der Waals surface area contributed by atoms with E-state index in [4.69, 9.17) is 0 Å². The zero-order chi connectivity index (χ0) is 16.4. The summed E-state index contributed by atoms with van der Waals surface area (Å²) in [5.74, 6) is 0.597. The van der Waals surface area contributed by atoms with Gasteiger partial charge < -0.3 is 10.2 Å². The van der Waals surface area contributed by atoms with Gasteiger partial charge in [-0.05, 0) is 51.0 Å². The molecule has 0 fully saturated rings. The topological polar surface area (TPSA) is 40.5 Å². The highest BCUT2D eigenvalue weighted by atomic mass is 16.3. The number of rotatable bonds is 10. The SMILES string of the molecule is C[C@@H](CC=CC(O)CCc1ccccc1)CCCC(C)(C)O. The Morgan fingerprint density at radius 1 is 1.14 bits per heavy atom. The van der Waals surface area contributed by atoms with Crippen LogP contribution < -0.4 is 0 Å². The first-order valence-electron chi connectivity index (χ1n) is 8.48. The average Bonchev–Trinajstić information content (AvgIpc) is 2.45. The van der Waals surface area contributed by atoms with Crippen molar-refractivity contribution in [2.45, 2.75) is 71.0 Å². The summed E-state index contributed by atoms with van der Waals surface area (Å²) in [7, 11) is 0. The van der Waals surface area contributed by atoms with Crippen LogP contribution in [-0.2, 0) is 6.42 Å². The molecule has 22 heavy (non-hydrogen) atoms. The molecule has 0 saturated carbocycles. The van der Waals surface area contributed by atoms with Crippen LogP contribution in [0, 0.1) is 5.92 Å². The lowest BCUT2D eigenvalue weighted by molar-refractivity contribution is 0.0670. The molecular formula is C20H32O2. The molecule has 0 aliphatic heterocycles. The Kier molecular flexibility index (Phi) is 8.44. The average molecular weight is 304 g/mol. The summed E-state index contributed by atoms with van der Waals surface area (Å²) in [5, 5.41) is 19.7. The summed E-state index contributed by atoms with van der Waals surface area (Å²) in [6.45, 7) is 5.95. The lowest BCUT2D eigenvalue weighted by atomic mass is 9.95. The van der Waals surface area contributed by atoms with E-state index < -0.39 is 5.60 Å². The maximum absolute atomic E-state index is 9.99. The van der Waals surface area contributed by atoms with Gasteiger partial charge in [0.1, 0.15) is 0 Å². The Morgan fingerprint density at radius 3 is 2.45 bits per heavy atom. The van der Waals surface area contributed by atoms with E-state index in [0.717, 1.165) is 38.5 Å².